The Labute approximate surface area is 150 Å². The molecule has 0 radical (unpaired) electrons. The van der Waals surface area contributed by atoms with E-state index >= 15 is 0 Å². The molecule has 1 aromatic rings. The van der Waals surface area contributed by atoms with Crippen LogP contribution in [-0.4, -0.2) is 10.8 Å². The van der Waals surface area contributed by atoms with Gasteiger partial charge in [-0.15, -0.1) is 0 Å². The van der Waals surface area contributed by atoms with E-state index in [1.54, 1.807) is 6.92 Å². The number of nitrogens with two attached hydrogens (primary N) is 1. The number of carbonyl (C=O) groups is 1. The first-order valence-corrected chi connectivity index (χ1v) is 8.53. The topological polar surface area (TPSA) is 89.5 Å². The van der Waals surface area contributed by atoms with E-state index in [1.165, 1.54) is 0 Å². The van der Waals surface area contributed by atoms with Crippen LogP contribution in [0.3, 0.4) is 0 Å². The maximum Gasteiger partial charge on any atom is 0.423 e. The molecule has 2 N–H and O–H groups in total. The highest BCUT2D eigenvalue weighted by Gasteiger charge is 2.39. The first-order valence-electron chi connectivity index (χ1n) is 8.53. The molecule has 26 heavy (non-hydrogen) atoms. The molecule has 0 bridgehead atoms. The lowest BCUT2D eigenvalue weighted by Crippen LogP contribution is -2.41. The third kappa shape index (κ3) is 5.98. The average Bonchev–Trinajstić information content (AvgIpc) is 2.58. The van der Waals surface area contributed by atoms with Crippen molar-refractivity contribution in [2.24, 2.45) is 11.8 Å². The van der Waals surface area contributed by atoms with E-state index in [-0.39, 0.29) is 5.69 Å². The van der Waals surface area contributed by atoms with Gasteiger partial charge in [-0.2, -0.15) is 13.2 Å². The Kier molecular flexibility index (Phi) is 8.01. The molecule has 1 aromatic carbocycles. The van der Waals surface area contributed by atoms with Gasteiger partial charge in [-0.1, -0.05) is 46.0 Å². The minimum Gasteiger partial charge on any atom is -0.273 e. The van der Waals surface area contributed by atoms with Crippen LogP contribution in [0.1, 0.15) is 57.9 Å². The van der Waals surface area contributed by atoms with Crippen LogP contribution in [0, 0.1) is 16.0 Å². The van der Waals surface area contributed by atoms with Gasteiger partial charge in [-0.05, 0) is 18.6 Å². The predicted octanol–water partition coefficient (Wildman–Crippen LogP) is 4.82. The highest BCUT2D eigenvalue weighted by Crippen LogP contribution is 2.38. The number of nitro groups is 1. The van der Waals surface area contributed by atoms with E-state index in [4.69, 9.17) is 5.84 Å². The summed E-state index contributed by atoms with van der Waals surface area (Å²) in [6.07, 6.45) is 0.755. The Morgan fingerprint density at radius 3 is 2.42 bits per heavy atom. The smallest absolute Gasteiger partial charge is 0.273 e. The number of rotatable bonds is 9. The van der Waals surface area contributed by atoms with Crippen LogP contribution in [-0.2, 0) is 11.0 Å². The normalized spacial score (nSPS) is 12.7. The van der Waals surface area contributed by atoms with Crippen molar-refractivity contribution in [2.75, 3.05) is 5.01 Å². The van der Waals surface area contributed by atoms with E-state index in [9.17, 15) is 28.1 Å². The number of hydrogen-bond acceptors (Lipinski definition) is 4. The van der Waals surface area contributed by atoms with Gasteiger partial charge in [0.2, 0.25) is 5.91 Å². The van der Waals surface area contributed by atoms with Crippen LogP contribution in [0.4, 0.5) is 24.5 Å². The van der Waals surface area contributed by atoms with Gasteiger partial charge in [-0.3, -0.25) is 14.9 Å². The lowest BCUT2D eigenvalue weighted by Gasteiger charge is -2.21. The SMILES string of the molecule is CCCCCCCC(C)C(=O)N(N)c1ccc([N+](=O)[O-])c(C(F)(F)F)c1. The number of alkyl halides is 3. The molecule has 0 aliphatic rings. The van der Waals surface area contributed by atoms with Gasteiger partial charge in [0.1, 0.15) is 5.56 Å². The predicted molar refractivity (Wildman–Crippen MR) is 92.3 cm³/mol. The summed E-state index contributed by atoms with van der Waals surface area (Å²) in [5, 5.41) is 11.4. The maximum atomic E-state index is 13.0. The minimum absolute atomic E-state index is 0.231. The zero-order valence-electron chi connectivity index (χ0n) is 14.9. The summed E-state index contributed by atoms with van der Waals surface area (Å²) < 4.78 is 39.1. The second-order valence-electron chi connectivity index (χ2n) is 6.27. The molecule has 1 rings (SSSR count). The molecule has 0 saturated carbocycles. The monoisotopic (exact) mass is 375 g/mol. The third-order valence-corrected chi connectivity index (χ3v) is 4.16. The third-order valence-electron chi connectivity index (χ3n) is 4.16. The van der Waals surface area contributed by atoms with Gasteiger partial charge >= 0.3 is 6.18 Å². The summed E-state index contributed by atoms with van der Waals surface area (Å²) in [6, 6.07) is 2.28. The molecule has 1 atom stereocenters. The summed E-state index contributed by atoms with van der Waals surface area (Å²) in [4.78, 5) is 22.0. The van der Waals surface area contributed by atoms with Crippen molar-refractivity contribution in [3.8, 4) is 0 Å². The van der Waals surface area contributed by atoms with Crippen molar-refractivity contribution in [1.29, 1.82) is 0 Å². The molecule has 0 heterocycles. The van der Waals surface area contributed by atoms with E-state index in [0.717, 1.165) is 38.2 Å². The van der Waals surface area contributed by atoms with Crippen molar-refractivity contribution < 1.29 is 22.9 Å². The summed E-state index contributed by atoms with van der Waals surface area (Å²) in [7, 11) is 0. The molecule has 0 saturated heterocycles. The van der Waals surface area contributed by atoms with Gasteiger partial charge in [0.25, 0.3) is 5.69 Å². The summed E-state index contributed by atoms with van der Waals surface area (Å²) in [6.45, 7) is 3.76. The molecule has 0 aromatic heterocycles. The van der Waals surface area contributed by atoms with Crippen molar-refractivity contribution in [3.63, 3.8) is 0 Å². The second kappa shape index (κ2) is 9.51. The molecular weight excluding hydrogens is 351 g/mol. The number of unbranched alkanes of at least 4 members (excludes halogenated alkanes) is 4. The van der Waals surface area contributed by atoms with Crippen molar-refractivity contribution in [2.45, 2.75) is 58.5 Å². The van der Waals surface area contributed by atoms with Crippen molar-refractivity contribution in [3.05, 3.63) is 33.9 Å². The fourth-order valence-corrected chi connectivity index (χ4v) is 2.60. The molecule has 0 fully saturated rings. The summed E-state index contributed by atoms with van der Waals surface area (Å²) in [5.41, 5.74) is -2.74. The molecule has 1 unspecified atom stereocenters. The van der Waals surface area contributed by atoms with Crippen LogP contribution >= 0.6 is 0 Å². The van der Waals surface area contributed by atoms with Crippen LogP contribution in [0.15, 0.2) is 18.2 Å². The van der Waals surface area contributed by atoms with Crippen LogP contribution < -0.4 is 10.9 Å². The Hall–Kier alpha value is -2.16. The van der Waals surface area contributed by atoms with Crippen molar-refractivity contribution >= 4 is 17.3 Å². The Morgan fingerprint density at radius 1 is 1.27 bits per heavy atom. The van der Waals surface area contributed by atoms with E-state index in [2.05, 4.69) is 6.92 Å². The number of amides is 1. The molecule has 6 nitrogen and oxygen atoms in total. The lowest BCUT2D eigenvalue weighted by molar-refractivity contribution is -0.388. The standard InChI is InChI=1S/C17H24F3N3O3/c1-3-4-5-6-7-8-12(2)16(24)22(21)13-9-10-15(23(25)26)14(11-13)17(18,19)20/h9-12H,3-8,21H2,1-2H3. The first-order chi connectivity index (χ1) is 12.1. The fraction of sp³-hybridized carbons (Fsp3) is 0.588. The number of nitrogens with zero attached hydrogens (tertiary/aromatic N) is 2. The first kappa shape index (κ1) is 21.9. The summed E-state index contributed by atoms with van der Waals surface area (Å²) >= 11 is 0. The second-order valence-corrected chi connectivity index (χ2v) is 6.27. The Bertz CT molecular complexity index is 635. The number of benzene rings is 1. The van der Waals surface area contributed by atoms with Gasteiger partial charge in [-0.25, -0.2) is 10.9 Å². The molecule has 1 amide bonds. The largest absolute Gasteiger partial charge is 0.423 e. The van der Waals surface area contributed by atoms with E-state index in [0.29, 0.717) is 23.6 Å². The maximum absolute atomic E-state index is 13.0. The zero-order chi connectivity index (χ0) is 19.9. The van der Waals surface area contributed by atoms with E-state index < -0.39 is 34.2 Å². The lowest BCUT2D eigenvalue weighted by atomic mass is 10.0. The number of anilines is 1. The van der Waals surface area contributed by atoms with Crippen LogP contribution in [0.25, 0.3) is 0 Å². The van der Waals surface area contributed by atoms with Gasteiger partial charge in [0.15, 0.2) is 0 Å². The average molecular weight is 375 g/mol. The molecule has 9 heteroatoms. The molecular formula is C17H24F3N3O3. The van der Waals surface area contributed by atoms with Crippen molar-refractivity contribution in [1.82, 2.24) is 0 Å². The molecule has 0 spiro atoms. The van der Waals surface area contributed by atoms with E-state index in [1.807, 2.05) is 0 Å². The fourth-order valence-electron chi connectivity index (χ4n) is 2.60. The summed E-state index contributed by atoms with van der Waals surface area (Å²) in [5.74, 6) is 4.70. The number of carbonyl (C=O) groups excluding carboxylic acids is 1. The van der Waals surface area contributed by atoms with Gasteiger partial charge in [0, 0.05) is 12.0 Å². The Balaban J connectivity index is 2.87. The quantitative estimate of drug-likeness (QED) is 0.220. The molecule has 146 valence electrons. The Morgan fingerprint density at radius 2 is 1.88 bits per heavy atom. The van der Waals surface area contributed by atoms with Gasteiger partial charge in [0.05, 0.1) is 10.6 Å². The number of nitro benzene ring substituents is 1. The zero-order valence-corrected chi connectivity index (χ0v) is 14.9. The minimum atomic E-state index is -4.92. The highest BCUT2D eigenvalue weighted by atomic mass is 19.4. The molecule has 0 aliphatic carbocycles. The number of hydrogen-bond donors (Lipinski definition) is 1. The molecule has 0 aliphatic heterocycles. The van der Waals surface area contributed by atoms with Crippen LogP contribution in [0.2, 0.25) is 0 Å². The number of hydrazine groups is 1. The van der Waals surface area contributed by atoms with Crippen LogP contribution in [0.5, 0.6) is 0 Å². The number of halogens is 3. The highest BCUT2D eigenvalue weighted by molar-refractivity contribution is 5.93. The van der Waals surface area contributed by atoms with Gasteiger partial charge < -0.3 is 0 Å².